The zero-order valence-electron chi connectivity index (χ0n) is 14.9. The number of fused-ring (bicyclic) bond motifs is 1. The second-order valence-electron chi connectivity index (χ2n) is 6.17. The summed E-state index contributed by atoms with van der Waals surface area (Å²) in [6.45, 7) is 0. The molecule has 0 N–H and O–H groups in total. The van der Waals surface area contributed by atoms with E-state index < -0.39 is 0 Å². The molecule has 0 aliphatic carbocycles. The van der Waals surface area contributed by atoms with Crippen LogP contribution in [0.25, 0.3) is 32.8 Å². The Kier molecular flexibility index (Phi) is 5.13. The molecule has 2 aromatic carbocycles. The van der Waals surface area contributed by atoms with Crippen LogP contribution in [0.4, 0.5) is 0 Å². The molecule has 0 fully saturated rings. The Hall–Kier alpha value is -2.55. The van der Waals surface area contributed by atoms with Crippen molar-refractivity contribution >= 4 is 49.2 Å². The van der Waals surface area contributed by atoms with Crippen molar-refractivity contribution in [3.05, 3.63) is 76.7 Å². The fourth-order valence-corrected chi connectivity index (χ4v) is 5.03. The van der Waals surface area contributed by atoms with Crippen LogP contribution in [0.5, 0.6) is 0 Å². The van der Waals surface area contributed by atoms with Crippen LogP contribution in [0.2, 0.25) is 0 Å². The number of halogens is 1. The zero-order valence-corrected chi connectivity index (χ0v) is 18.2. The number of thioether (sulfide) groups is 1. The first-order valence-corrected chi connectivity index (χ1v) is 11.4. The topological polar surface area (TPSA) is 64.7 Å². The van der Waals surface area contributed by atoms with E-state index in [2.05, 4.69) is 53.6 Å². The lowest BCUT2D eigenvalue weighted by Gasteiger charge is -2.04. The van der Waals surface area contributed by atoms with Gasteiger partial charge in [0.25, 0.3) is 0 Å². The third-order valence-corrected chi connectivity index (χ3v) is 6.70. The molecule has 0 aliphatic heterocycles. The predicted molar refractivity (Wildman–Crippen MR) is 120 cm³/mol. The van der Waals surface area contributed by atoms with Crippen LogP contribution in [0.3, 0.4) is 0 Å². The molecule has 0 radical (unpaired) electrons. The van der Waals surface area contributed by atoms with E-state index in [9.17, 15) is 0 Å². The average molecular weight is 481 g/mol. The van der Waals surface area contributed by atoms with Crippen LogP contribution in [0.15, 0.2) is 80.2 Å². The van der Waals surface area contributed by atoms with Crippen molar-refractivity contribution in [2.24, 2.45) is 0 Å². The molecule has 0 spiro atoms. The first kappa shape index (κ1) is 18.5. The summed E-state index contributed by atoms with van der Waals surface area (Å²) in [5.74, 6) is 1.62. The van der Waals surface area contributed by atoms with E-state index in [0.29, 0.717) is 17.5 Å². The largest absolute Gasteiger partial charge is 0.420 e. The highest BCUT2D eigenvalue weighted by atomic mass is 79.9. The highest BCUT2D eigenvalue weighted by molar-refractivity contribution is 9.10. The molecular formula is C21H13BrN4OS2. The van der Waals surface area contributed by atoms with E-state index in [4.69, 9.17) is 4.42 Å². The molecule has 0 amide bonds. The molecule has 0 bridgehead atoms. The lowest BCUT2D eigenvalue weighted by atomic mass is 10.1. The van der Waals surface area contributed by atoms with Crippen molar-refractivity contribution in [3.63, 3.8) is 0 Å². The number of rotatable bonds is 5. The fraction of sp³-hybridized carbons (Fsp3) is 0.0476. The van der Waals surface area contributed by atoms with Gasteiger partial charge < -0.3 is 4.42 Å². The van der Waals surface area contributed by atoms with Crippen molar-refractivity contribution < 1.29 is 4.42 Å². The van der Waals surface area contributed by atoms with Gasteiger partial charge in [0, 0.05) is 21.0 Å². The lowest BCUT2D eigenvalue weighted by Crippen LogP contribution is -1.87. The number of aromatic nitrogens is 4. The minimum Gasteiger partial charge on any atom is -0.420 e. The molecular weight excluding hydrogens is 468 g/mol. The first-order chi connectivity index (χ1) is 14.3. The van der Waals surface area contributed by atoms with E-state index in [-0.39, 0.29) is 0 Å². The molecule has 0 atom stereocenters. The third kappa shape index (κ3) is 3.83. The Morgan fingerprint density at radius 3 is 2.59 bits per heavy atom. The Balaban J connectivity index is 1.42. The van der Waals surface area contributed by atoms with E-state index >= 15 is 0 Å². The minimum absolute atomic E-state index is 0.515. The average Bonchev–Trinajstić information content (AvgIpc) is 3.41. The van der Waals surface area contributed by atoms with Crippen molar-refractivity contribution in [1.82, 2.24) is 20.2 Å². The number of nitrogens with zero attached hydrogens (tertiary/aromatic N) is 4. The Labute approximate surface area is 183 Å². The summed E-state index contributed by atoms with van der Waals surface area (Å²) >= 11 is 6.64. The van der Waals surface area contributed by atoms with Crippen LogP contribution in [-0.2, 0) is 5.75 Å². The standard InChI is InChI=1S/C21H13BrN4OS2/c22-15-8-6-14(7-9-15)19-26-25-17(27-19)11-29-21-18-16(13-4-2-1-3-5-13)10-28-20(18)23-12-24-21/h1-10,12H,11H2. The molecule has 0 unspecified atom stereocenters. The maximum atomic E-state index is 5.84. The van der Waals surface area contributed by atoms with Gasteiger partial charge in [-0.25, -0.2) is 9.97 Å². The van der Waals surface area contributed by atoms with Crippen LogP contribution in [-0.4, -0.2) is 20.2 Å². The second-order valence-corrected chi connectivity index (χ2v) is 8.91. The van der Waals surface area contributed by atoms with Gasteiger partial charge >= 0.3 is 0 Å². The summed E-state index contributed by atoms with van der Waals surface area (Å²) in [5, 5.41) is 12.5. The molecule has 3 aromatic heterocycles. The summed E-state index contributed by atoms with van der Waals surface area (Å²) in [4.78, 5) is 9.93. The number of thiophene rings is 1. The van der Waals surface area contributed by atoms with Gasteiger partial charge in [0.15, 0.2) is 0 Å². The predicted octanol–water partition coefficient (Wildman–Crippen LogP) is 6.46. The van der Waals surface area contributed by atoms with Crippen molar-refractivity contribution in [2.45, 2.75) is 10.8 Å². The molecule has 3 heterocycles. The molecule has 142 valence electrons. The molecule has 5 aromatic rings. The second kappa shape index (κ2) is 8.06. The van der Waals surface area contributed by atoms with Gasteiger partial charge in [-0.1, -0.05) is 58.0 Å². The van der Waals surface area contributed by atoms with Gasteiger partial charge in [-0.2, -0.15) is 0 Å². The van der Waals surface area contributed by atoms with Crippen LogP contribution >= 0.6 is 39.0 Å². The molecule has 5 nitrogen and oxygen atoms in total. The molecule has 29 heavy (non-hydrogen) atoms. The van der Waals surface area contributed by atoms with Gasteiger partial charge in [0.05, 0.1) is 11.1 Å². The van der Waals surface area contributed by atoms with E-state index in [1.54, 1.807) is 29.4 Å². The molecule has 8 heteroatoms. The number of hydrogen-bond donors (Lipinski definition) is 0. The monoisotopic (exact) mass is 480 g/mol. The Morgan fingerprint density at radius 2 is 1.76 bits per heavy atom. The summed E-state index contributed by atoms with van der Waals surface area (Å²) in [7, 11) is 0. The minimum atomic E-state index is 0.515. The Morgan fingerprint density at radius 1 is 0.931 bits per heavy atom. The van der Waals surface area contributed by atoms with Gasteiger partial charge in [-0.15, -0.1) is 21.5 Å². The van der Waals surface area contributed by atoms with Crippen LogP contribution in [0, 0.1) is 0 Å². The van der Waals surface area contributed by atoms with E-state index in [0.717, 1.165) is 36.4 Å². The van der Waals surface area contributed by atoms with Gasteiger partial charge in [0.2, 0.25) is 11.8 Å². The van der Waals surface area contributed by atoms with Gasteiger partial charge in [-0.3, -0.25) is 0 Å². The molecule has 0 saturated heterocycles. The quantitative estimate of drug-likeness (QED) is 0.212. The SMILES string of the molecule is Brc1ccc(-c2nnc(CSc3ncnc4scc(-c5ccccc5)c34)o2)cc1. The Bertz CT molecular complexity index is 1270. The smallest absolute Gasteiger partial charge is 0.247 e. The highest BCUT2D eigenvalue weighted by Gasteiger charge is 2.15. The summed E-state index contributed by atoms with van der Waals surface area (Å²) in [6.07, 6.45) is 1.61. The van der Waals surface area contributed by atoms with Crippen molar-refractivity contribution in [3.8, 4) is 22.6 Å². The van der Waals surface area contributed by atoms with Crippen molar-refractivity contribution in [1.29, 1.82) is 0 Å². The molecule has 5 rings (SSSR count). The van der Waals surface area contributed by atoms with Crippen LogP contribution < -0.4 is 0 Å². The maximum absolute atomic E-state index is 5.84. The first-order valence-electron chi connectivity index (χ1n) is 8.76. The summed E-state index contributed by atoms with van der Waals surface area (Å²) in [6, 6.07) is 18.1. The van der Waals surface area contributed by atoms with Crippen molar-refractivity contribution in [2.75, 3.05) is 0 Å². The fourth-order valence-electron chi connectivity index (χ4n) is 2.94. The lowest BCUT2D eigenvalue weighted by molar-refractivity contribution is 0.528. The number of benzene rings is 2. The normalized spacial score (nSPS) is 11.2. The maximum Gasteiger partial charge on any atom is 0.247 e. The van der Waals surface area contributed by atoms with Gasteiger partial charge in [-0.05, 0) is 29.8 Å². The van der Waals surface area contributed by atoms with Gasteiger partial charge in [0.1, 0.15) is 16.2 Å². The summed E-state index contributed by atoms with van der Waals surface area (Å²) < 4.78 is 6.85. The van der Waals surface area contributed by atoms with E-state index in [1.165, 1.54) is 0 Å². The third-order valence-electron chi connectivity index (χ3n) is 4.31. The molecule has 0 saturated carbocycles. The molecule has 0 aliphatic rings. The zero-order chi connectivity index (χ0) is 19.6. The van der Waals surface area contributed by atoms with Crippen LogP contribution in [0.1, 0.15) is 5.89 Å². The number of hydrogen-bond acceptors (Lipinski definition) is 7. The van der Waals surface area contributed by atoms with E-state index in [1.807, 2.05) is 42.5 Å². The summed E-state index contributed by atoms with van der Waals surface area (Å²) in [5.41, 5.74) is 3.20. The highest BCUT2D eigenvalue weighted by Crippen LogP contribution is 2.38.